The van der Waals surface area contributed by atoms with Gasteiger partial charge in [-0.05, 0) is 30.5 Å². The molecule has 8 heteroatoms. The molecule has 2 aromatic rings. The zero-order valence-corrected chi connectivity index (χ0v) is 15.2. The smallest absolute Gasteiger partial charge is 0.265 e. The number of carbonyl (C=O) groups excluding carboxylic acids is 1. The molecule has 0 spiro atoms. The molecule has 1 saturated heterocycles. The molecule has 1 fully saturated rings. The maximum Gasteiger partial charge on any atom is 0.265 e. The highest BCUT2D eigenvalue weighted by atomic mass is 35.5. The van der Waals surface area contributed by atoms with Crippen molar-refractivity contribution >= 4 is 42.1 Å². The quantitative estimate of drug-likeness (QED) is 0.896. The molecule has 3 rings (SSSR count). The molecule has 3 heterocycles. The molecule has 1 unspecified atom stereocenters. The molecule has 0 bridgehead atoms. The maximum absolute atomic E-state index is 12.5. The summed E-state index contributed by atoms with van der Waals surface area (Å²) >= 11 is 1.39. The Balaban J connectivity index is 0.00000132. The number of thiazole rings is 1. The summed E-state index contributed by atoms with van der Waals surface area (Å²) in [6, 6.07) is 5.67. The number of amides is 1. The zero-order chi connectivity index (χ0) is 14.9. The van der Waals surface area contributed by atoms with Crippen molar-refractivity contribution in [3.8, 4) is 10.7 Å². The van der Waals surface area contributed by atoms with E-state index in [1.807, 2.05) is 23.1 Å². The molecule has 1 aliphatic heterocycles. The molecule has 1 atom stereocenters. The van der Waals surface area contributed by atoms with E-state index in [1.165, 1.54) is 11.3 Å². The molecule has 126 valence electrons. The van der Waals surface area contributed by atoms with E-state index in [-0.39, 0.29) is 36.1 Å². The van der Waals surface area contributed by atoms with E-state index in [2.05, 4.69) is 16.9 Å². The summed E-state index contributed by atoms with van der Waals surface area (Å²) in [5.74, 6) is 0.0480. The SMILES string of the molecule is CC1(CN)CCN(C(=O)c2cnc(-c3ccccn3)s2)C1.Cl.Cl. The van der Waals surface area contributed by atoms with E-state index in [4.69, 9.17) is 5.73 Å². The lowest BCUT2D eigenvalue weighted by Crippen LogP contribution is -2.34. The molecular weight excluding hydrogens is 355 g/mol. The van der Waals surface area contributed by atoms with Crippen LogP contribution in [0.1, 0.15) is 23.0 Å². The predicted molar refractivity (Wildman–Crippen MR) is 97.5 cm³/mol. The van der Waals surface area contributed by atoms with Crippen LogP contribution in [0.4, 0.5) is 0 Å². The van der Waals surface area contributed by atoms with Crippen LogP contribution in [0.25, 0.3) is 10.7 Å². The van der Waals surface area contributed by atoms with Gasteiger partial charge in [0.2, 0.25) is 0 Å². The van der Waals surface area contributed by atoms with E-state index < -0.39 is 0 Å². The molecule has 2 N–H and O–H groups in total. The minimum absolute atomic E-state index is 0. The van der Waals surface area contributed by atoms with Gasteiger partial charge in [-0.2, -0.15) is 0 Å². The van der Waals surface area contributed by atoms with Crippen molar-refractivity contribution in [2.24, 2.45) is 11.1 Å². The lowest BCUT2D eigenvalue weighted by atomic mass is 9.90. The Morgan fingerprint density at radius 3 is 2.78 bits per heavy atom. The second-order valence-electron chi connectivity index (χ2n) is 5.74. The van der Waals surface area contributed by atoms with E-state index in [0.29, 0.717) is 11.4 Å². The van der Waals surface area contributed by atoms with Crippen molar-refractivity contribution in [1.29, 1.82) is 0 Å². The fourth-order valence-electron chi connectivity index (χ4n) is 2.50. The van der Waals surface area contributed by atoms with E-state index in [1.54, 1.807) is 12.4 Å². The highest BCUT2D eigenvalue weighted by molar-refractivity contribution is 7.16. The molecule has 0 radical (unpaired) electrons. The molecule has 0 aromatic carbocycles. The lowest BCUT2D eigenvalue weighted by molar-refractivity contribution is 0.0781. The largest absolute Gasteiger partial charge is 0.337 e. The van der Waals surface area contributed by atoms with Gasteiger partial charge in [0.15, 0.2) is 0 Å². The fraction of sp³-hybridized carbons (Fsp3) is 0.400. The van der Waals surface area contributed by atoms with Crippen LogP contribution in [-0.2, 0) is 0 Å². The van der Waals surface area contributed by atoms with Gasteiger partial charge in [-0.1, -0.05) is 13.0 Å². The number of aromatic nitrogens is 2. The van der Waals surface area contributed by atoms with Crippen LogP contribution in [0, 0.1) is 5.41 Å². The van der Waals surface area contributed by atoms with Crippen LogP contribution in [0.2, 0.25) is 0 Å². The summed E-state index contributed by atoms with van der Waals surface area (Å²) < 4.78 is 0. The Morgan fingerprint density at radius 2 is 2.17 bits per heavy atom. The number of pyridine rings is 1. The van der Waals surface area contributed by atoms with Crippen LogP contribution in [-0.4, -0.2) is 40.4 Å². The second-order valence-corrected chi connectivity index (χ2v) is 6.77. The minimum Gasteiger partial charge on any atom is -0.337 e. The van der Waals surface area contributed by atoms with E-state index in [9.17, 15) is 4.79 Å². The molecule has 0 saturated carbocycles. The summed E-state index contributed by atoms with van der Waals surface area (Å²) in [4.78, 5) is 23.7. The van der Waals surface area contributed by atoms with Crippen LogP contribution in [0.5, 0.6) is 0 Å². The van der Waals surface area contributed by atoms with Gasteiger partial charge in [-0.3, -0.25) is 9.78 Å². The standard InChI is InChI=1S/C15H18N4OS.2ClH/c1-15(9-16)5-7-19(10-15)14(20)12-8-18-13(21-12)11-4-2-3-6-17-11;;/h2-4,6,8H,5,7,9-10,16H2,1H3;2*1H. The normalized spacial score (nSPS) is 19.8. The average Bonchev–Trinajstić information content (AvgIpc) is 3.15. The first-order valence-electron chi connectivity index (χ1n) is 6.98. The topological polar surface area (TPSA) is 72.1 Å². The third kappa shape index (κ3) is 4.20. The minimum atomic E-state index is 0. The average molecular weight is 375 g/mol. The molecule has 0 aliphatic carbocycles. The summed E-state index contributed by atoms with van der Waals surface area (Å²) in [7, 11) is 0. The highest BCUT2D eigenvalue weighted by Gasteiger charge is 2.35. The van der Waals surface area contributed by atoms with Gasteiger partial charge in [0.1, 0.15) is 9.88 Å². The second kappa shape index (κ2) is 8.06. The van der Waals surface area contributed by atoms with E-state index in [0.717, 1.165) is 30.2 Å². The third-order valence-corrected chi connectivity index (χ3v) is 4.95. The molecular formula is C15H20Cl2N4OS. The van der Waals surface area contributed by atoms with Gasteiger partial charge in [0.25, 0.3) is 5.91 Å². The van der Waals surface area contributed by atoms with Gasteiger partial charge >= 0.3 is 0 Å². The van der Waals surface area contributed by atoms with Crippen molar-refractivity contribution < 1.29 is 4.79 Å². The summed E-state index contributed by atoms with van der Waals surface area (Å²) in [5, 5.41) is 0.778. The summed E-state index contributed by atoms with van der Waals surface area (Å²) in [6.07, 6.45) is 4.33. The Bertz CT molecular complexity index is 652. The van der Waals surface area contributed by atoms with Gasteiger partial charge < -0.3 is 10.6 Å². The van der Waals surface area contributed by atoms with E-state index >= 15 is 0 Å². The molecule has 1 aliphatic rings. The van der Waals surface area contributed by atoms with Crippen molar-refractivity contribution in [2.45, 2.75) is 13.3 Å². The Labute approximate surface area is 152 Å². The zero-order valence-electron chi connectivity index (χ0n) is 12.8. The molecule has 23 heavy (non-hydrogen) atoms. The Hall–Kier alpha value is -1.21. The van der Waals surface area contributed by atoms with Crippen LogP contribution in [0.3, 0.4) is 0 Å². The summed E-state index contributed by atoms with van der Waals surface area (Å²) in [5.41, 5.74) is 6.64. The first-order valence-corrected chi connectivity index (χ1v) is 7.79. The molecule has 2 aromatic heterocycles. The van der Waals surface area contributed by atoms with Crippen LogP contribution >= 0.6 is 36.2 Å². The van der Waals surface area contributed by atoms with Crippen LogP contribution < -0.4 is 5.73 Å². The number of carbonyl (C=O) groups is 1. The first-order chi connectivity index (χ1) is 10.1. The maximum atomic E-state index is 12.5. The Kier molecular flexibility index (Phi) is 6.95. The number of likely N-dealkylation sites (tertiary alicyclic amines) is 1. The van der Waals surface area contributed by atoms with Gasteiger partial charge in [-0.15, -0.1) is 36.2 Å². The number of rotatable bonds is 3. The highest BCUT2D eigenvalue weighted by Crippen LogP contribution is 2.31. The molecule has 1 amide bonds. The van der Waals surface area contributed by atoms with Crippen molar-refractivity contribution in [3.63, 3.8) is 0 Å². The van der Waals surface area contributed by atoms with Crippen molar-refractivity contribution in [2.75, 3.05) is 19.6 Å². The predicted octanol–water partition coefficient (Wildman–Crippen LogP) is 2.86. The number of nitrogens with two attached hydrogens (primary N) is 1. The number of hydrogen-bond donors (Lipinski definition) is 1. The third-order valence-electron chi connectivity index (χ3n) is 3.94. The van der Waals surface area contributed by atoms with Gasteiger partial charge in [0, 0.05) is 19.3 Å². The number of nitrogens with zero attached hydrogens (tertiary/aromatic N) is 3. The van der Waals surface area contributed by atoms with Gasteiger partial charge in [0.05, 0.1) is 11.9 Å². The van der Waals surface area contributed by atoms with Crippen molar-refractivity contribution in [1.82, 2.24) is 14.9 Å². The van der Waals surface area contributed by atoms with Gasteiger partial charge in [-0.25, -0.2) is 4.98 Å². The Morgan fingerprint density at radius 1 is 1.39 bits per heavy atom. The van der Waals surface area contributed by atoms with Crippen molar-refractivity contribution in [3.05, 3.63) is 35.5 Å². The number of hydrogen-bond acceptors (Lipinski definition) is 5. The fourth-order valence-corrected chi connectivity index (χ4v) is 3.36. The lowest BCUT2D eigenvalue weighted by Gasteiger charge is -2.22. The first kappa shape index (κ1) is 19.8. The van der Waals surface area contributed by atoms with Crippen LogP contribution in [0.15, 0.2) is 30.6 Å². The summed E-state index contributed by atoms with van der Waals surface area (Å²) in [6.45, 7) is 4.23. The molecule has 5 nitrogen and oxygen atoms in total. The monoisotopic (exact) mass is 374 g/mol. The number of halogens is 2.